The quantitative estimate of drug-likeness (QED) is 0.532. The van der Waals surface area contributed by atoms with Crippen molar-refractivity contribution in [1.29, 1.82) is 0 Å². The van der Waals surface area contributed by atoms with Crippen LogP contribution in [0.1, 0.15) is 11.1 Å². The summed E-state index contributed by atoms with van der Waals surface area (Å²) in [4.78, 5) is 14.6. The van der Waals surface area contributed by atoms with Crippen LogP contribution >= 0.6 is 0 Å². The number of rotatable bonds is 7. The third-order valence-corrected chi connectivity index (χ3v) is 5.45. The number of aromatic nitrogens is 3. The Morgan fingerprint density at radius 3 is 2.90 bits per heavy atom. The van der Waals surface area contributed by atoms with Gasteiger partial charge >= 0.3 is 6.03 Å². The summed E-state index contributed by atoms with van der Waals surface area (Å²) in [5, 5.41) is 23.8. The van der Waals surface area contributed by atoms with E-state index < -0.39 is 5.54 Å². The first-order valence-electron chi connectivity index (χ1n) is 9.96. The van der Waals surface area contributed by atoms with E-state index in [0.29, 0.717) is 32.8 Å². The molecule has 1 atom stereocenters. The number of ether oxygens (including phenoxy) is 1. The summed E-state index contributed by atoms with van der Waals surface area (Å²) in [5.41, 5.74) is 2.15. The number of nitrogens with one attached hydrogen (secondary N) is 2. The van der Waals surface area contributed by atoms with Crippen LogP contribution in [0.3, 0.4) is 0 Å². The first-order valence-corrected chi connectivity index (χ1v) is 9.96. The smallest absolute Gasteiger partial charge is 0.315 e. The summed E-state index contributed by atoms with van der Waals surface area (Å²) >= 11 is 0. The Balaban J connectivity index is 1.34. The molecule has 1 aromatic carbocycles. The van der Waals surface area contributed by atoms with Gasteiger partial charge in [0.1, 0.15) is 6.33 Å². The van der Waals surface area contributed by atoms with Crippen molar-refractivity contribution in [2.45, 2.75) is 18.6 Å². The van der Waals surface area contributed by atoms with Gasteiger partial charge in [0, 0.05) is 32.4 Å². The molecule has 1 saturated heterocycles. The Bertz CT molecular complexity index is 979. The molecule has 158 valence electrons. The molecule has 9 nitrogen and oxygen atoms in total. The third-order valence-electron chi connectivity index (χ3n) is 5.45. The largest absolute Gasteiger partial charge is 0.394 e. The number of nitrogens with zero attached hydrogens (tertiary/aromatic N) is 4. The van der Waals surface area contributed by atoms with E-state index in [1.165, 1.54) is 0 Å². The van der Waals surface area contributed by atoms with Gasteiger partial charge in [-0.3, -0.25) is 9.30 Å². The zero-order chi connectivity index (χ0) is 20.8. The van der Waals surface area contributed by atoms with Gasteiger partial charge in [-0.25, -0.2) is 4.79 Å². The van der Waals surface area contributed by atoms with Gasteiger partial charge in [0.25, 0.3) is 0 Å². The Kier molecular flexibility index (Phi) is 6.22. The molecule has 0 bridgehead atoms. The number of aliphatic hydroxyl groups is 1. The van der Waals surface area contributed by atoms with Crippen LogP contribution in [-0.2, 0) is 17.8 Å². The van der Waals surface area contributed by atoms with Crippen molar-refractivity contribution < 1.29 is 14.6 Å². The Morgan fingerprint density at radius 2 is 2.07 bits per heavy atom. The summed E-state index contributed by atoms with van der Waals surface area (Å²) in [6.45, 7) is 2.89. The molecule has 4 rings (SSSR count). The molecule has 3 aromatic rings. The van der Waals surface area contributed by atoms with Crippen molar-refractivity contribution in [2.75, 3.05) is 32.9 Å². The van der Waals surface area contributed by atoms with E-state index >= 15 is 0 Å². The summed E-state index contributed by atoms with van der Waals surface area (Å²) in [5.74, 6) is 0. The van der Waals surface area contributed by atoms with E-state index in [4.69, 9.17) is 4.74 Å². The molecule has 0 spiro atoms. The number of urea groups is 1. The maximum Gasteiger partial charge on any atom is 0.315 e. The van der Waals surface area contributed by atoms with Gasteiger partial charge in [-0.15, -0.1) is 10.2 Å². The van der Waals surface area contributed by atoms with Gasteiger partial charge in [0.05, 0.1) is 25.4 Å². The second-order valence-corrected chi connectivity index (χ2v) is 7.51. The number of aliphatic hydroxyl groups excluding tert-OH is 1. The maximum atomic E-state index is 12.4. The number of benzene rings is 1. The summed E-state index contributed by atoms with van der Waals surface area (Å²) in [7, 11) is 0. The van der Waals surface area contributed by atoms with Gasteiger partial charge < -0.3 is 20.5 Å². The molecule has 2 aromatic heterocycles. The Morgan fingerprint density at radius 1 is 1.20 bits per heavy atom. The Hall–Kier alpha value is -3.01. The molecule has 30 heavy (non-hydrogen) atoms. The van der Waals surface area contributed by atoms with Crippen LogP contribution < -0.4 is 10.6 Å². The second kappa shape index (κ2) is 9.21. The molecule has 9 heteroatoms. The molecular formula is C21H26N6O3. The van der Waals surface area contributed by atoms with Crippen molar-refractivity contribution in [3.05, 3.63) is 66.1 Å². The third kappa shape index (κ3) is 4.59. The molecule has 1 aliphatic heterocycles. The van der Waals surface area contributed by atoms with Crippen molar-refractivity contribution in [3.8, 4) is 0 Å². The van der Waals surface area contributed by atoms with E-state index in [1.54, 1.807) is 10.7 Å². The van der Waals surface area contributed by atoms with Gasteiger partial charge in [0.2, 0.25) is 0 Å². The minimum atomic E-state index is -0.661. The summed E-state index contributed by atoms with van der Waals surface area (Å²) in [6.07, 6.45) is 3.48. The number of carbonyl (C=O) groups excluding carboxylic acids is 1. The highest BCUT2D eigenvalue weighted by atomic mass is 16.5. The minimum absolute atomic E-state index is 0.107. The lowest BCUT2D eigenvalue weighted by Gasteiger charge is -2.46. The molecule has 0 saturated carbocycles. The number of fused-ring (bicyclic) bond motifs is 1. The topological polar surface area (TPSA) is 104 Å². The highest BCUT2D eigenvalue weighted by molar-refractivity contribution is 5.74. The fourth-order valence-corrected chi connectivity index (χ4v) is 3.64. The zero-order valence-electron chi connectivity index (χ0n) is 16.7. The highest BCUT2D eigenvalue weighted by Gasteiger charge is 2.39. The number of hydrogen-bond acceptors (Lipinski definition) is 6. The lowest BCUT2D eigenvalue weighted by Crippen LogP contribution is -2.64. The van der Waals surface area contributed by atoms with Crippen molar-refractivity contribution in [3.63, 3.8) is 0 Å². The number of hydrogen-bond donors (Lipinski definition) is 3. The van der Waals surface area contributed by atoms with Crippen LogP contribution in [0.2, 0.25) is 0 Å². The predicted molar refractivity (Wildman–Crippen MR) is 111 cm³/mol. The van der Waals surface area contributed by atoms with Gasteiger partial charge in [-0.1, -0.05) is 30.3 Å². The molecule has 1 unspecified atom stereocenters. The van der Waals surface area contributed by atoms with Gasteiger partial charge in [-0.2, -0.15) is 0 Å². The average Bonchev–Trinajstić information content (AvgIpc) is 3.26. The zero-order valence-corrected chi connectivity index (χ0v) is 16.7. The normalized spacial score (nSPS) is 19.6. The fourth-order valence-electron chi connectivity index (χ4n) is 3.64. The lowest BCUT2D eigenvalue weighted by molar-refractivity contribution is -0.0931. The van der Waals surface area contributed by atoms with Crippen molar-refractivity contribution >= 4 is 11.7 Å². The van der Waals surface area contributed by atoms with E-state index in [2.05, 4.69) is 37.9 Å². The predicted octanol–water partition coefficient (Wildman–Crippen LogP) is 0.792. The van der Waals surface area contributed by atoms with Gasteiger partial charge in [-0.05, 0) is 23.3 Å². The maximum absolute atomic E-state index is 12.4. The molecule has 0 radical (unpaired) electrons. The van der Waals surface area contributed by atoms with Crippen molar-refractivity contribution in [1.82, 2.24) is 30.1 Å². The number of carbonyl (C=O) groups is 1. The molecule has 0 aliphatic carbocycles. The minimum Gasteiger partial charge on any atom is -0.394 e. The molecule has 2 amide bonds. The van der Waals surface area contributed by atoms with Crippen LogP contribution in [0.4, 0.5) is 4.79 Å². The monoisotopic (exact) mass is 410 g/mol. The van der Waals surface area contributed by atoms with E-state index in [-0.39, 0.29) is 19.2 Å². The van der Waals surface area contributed by atoms with Gasteiger partial charge in [0.15, 0.2) is 5.65 Å². The van der Waals surface area contributed by atoms with Crippen LogP contribution in [0.15, 0.2) is 55.0 Å². The van der Waals surface area contributed by atoms with Crippen LogP contribution in [-0.4, -0.2) is 69.1 Å². The number of pyridine rings is 1. The van der Waals surface area contributed by atoms with Crippen molar-refractivity contribution in [2.24, 2.45) is 0 Å². The number of amides is 2. The van der Waals surface area contributed by atoms with E-state index in [1.807, 2.05) is 36.5 Å². The lowest BCUT2D eigenvalue weighted by atomic mass is 9.96. The summed E-state index contributed by atoms with van der Waals surface area (Å²) in [6, 6.07) is 13.6. The van der Waals surface area contributed by atoms with Crippen LogP contribution in [0.25, 0.3) is 5.65 Å². The highest BCUT2D eigenvalue weighted by Crippen LogP contribution is 2.22. The first-order chi connectivity index (χ1) is 14.7. The molecule has 1 fully saturated rings. The molecule has 1 aliphatic rings. The molecular weight excluding hydrogens is 384 g/mol. The average molecular weight is 410 g/mol. The fraction of sp³-hybridized carbons (Fsp3) is 0.381. The molecule has 3 heterocycles. The van der Waals surface area contributed by atoms with E-state index in [0.717, 1.165) is 16.8 Å². The standard InChI is InChI=1S/C21H26N6O3/c28-14-21(15-30-9-8-27(21)12-17-4-2-1-3-5-17)13-23-20(29)22-11-18-6-7-26-16-24-25-19(26)10-18/h1-7,10,16,28H,8-9,11-15H2,(H2,22,23,29). The first kappa shape index (κ1) is 20.3. The SMILES string of the molecule is O=C(NCc1ccn2cnnc2c1)NCC1(CO)COCCN1Cc1ccccc1. The number of morpholine rings is 1. The summed E-state index contributed by atoms with van der Waals surface area (Å²) < 4.78 is 7.46. The van der Waals surface area contributed by atoms with E-state index in [9.17, 15) is 9.90 Å². The Labute approximate surface area is 174 Å². The molecule has 3 N–H and O–H groups in total. The van der Waals surface area contributed by atoms with Crippen LogP contribution in [0, 0.1) is 0 Å². The second-order valence-electron chi connectivity index (χ2n) is 7.51. The van der Waals surface area contributed by atoms with Crippen LogP contribution in [0.5, 0.6) is 0 Å².